The van der Waals surface area contributed by atoms with Gasteiger partial charge in [0.25, 0.3) is 0 Å². The number of halogens is 1. The average Bonchev–Trinajstić information content (AvgIpc) is 2.57. The lowest BCUT2D eigenvalue weighted by atomic mass is 10.2. The van der Waals surface area contributed by atoms with Crippen LogP contribution in [0.4, 0.5) is 0 Å². The summed E-state index contributed by atoms with van der Waals surface area (Å²) in [5, 5.41) is 2.25. The normalized spacial score (nSPS) is 10.6. The van der Waals surface area contributed by atoms with E-state index >= 15 is 0 Å². The van der Waals surface area contributed by atoms with Crippen molar-refractivity contribution in [3.05, 3.63) is 46.4 Å². The molecule has 0 saturated carbocycles. The number of benzene rings is 1. The number of aromatic amines is 2. The van der Waals surface area contributed by atoms with Gasteiger partial charge in [0.2, 0.25) is 0 Å². The van der Waals surface area contributed by atoms with Crippen LogP contribution in [-0.2, 0) is 0 Å². The Kier molecular flexibility index (Phi) is 2.48. The van der Waals surface area contributed by atoms with Crippen molar-refractivity contribution in [2.24, 2.45) is 0 Å². The lowest BCUT2D eigenvalue weighted by Gasteiger charge is -1.94. The van der Waals surface area contributed by atoms with Crippen LogP contribution in [0.25, 0.3) is 21.8 Å². The summed E-state index contributed by atoms with van der Waals surface area (Å²) in [6, 6.07) is 7.12. The van der Waals surface area contributed by atoms with Gasteiger partial charge in [0.15, 0.2) is 5.43 Å². The predicted molar refractivity (Wildman–Crippen MR) is 68.4 cm³/mol. The molecule has 0 atom stereocenters. The molecule has 4 heteroatoms. The number of hydrogen-bond acceptors (Lipinski definition) is 1. The Morgan fingerprint density at radius 3 is 2.75 bits per heavy atom. The minimum absolute atomic E-state index is 0. The van der Waals surface area contributed by atoms with Crippen molar-refractivity contribution in [3.63, 3.8) is 0 Å². The van der Waals surface area contributed by atoms with Gasteiger partial charge in [0.1, 0.15) is 0 Å². The molecule has 3 rings (SSSR count). The van der Waals surface area contributed by atoms with E-state index in [0.29, 0.717) is 0 Å². The number of H-pyrrole nitrogens is 2. The molecule has 2 N–H and O–H groups in total. The van der Waals surface area contributed by atoms with Gasteiger partial charge in [0, 0.05) is 28.7 Å². The van der Waals surface area contributed by atoms with E-state index in [1.165, 1.54) is 0 Å². The van der Waals surface area contributed by atoms with Crippen LogP contribution in [0.2, 0.25) is 0 Å². The topological polar surface area (TPSA) is 48.6 Å². The van der Waals surface area contributed by atoms with Crippen LogP contribution in [0.3, 0.4) is 0 Å². The lowest BCUT2D eigenvalue weighted by Crippen LogP contribution is -1.93. The van der Waals surface area contributed by atoms with Crippen LogP contribution >= 0.6 is 12.4 Å². The molecule has 1 aromatic carbocycles. The number of aromatic nitrogens is 2. The first-order valence-corrected chi connectivity index (χ1v) is 4.85. The van der Waals surface area contributed by atoms with Crippen molar-refractivity contribution >= 4 is 34.2 Å². The van der Waals surface area contributed by atoms with Crippen molar-refractivity contribution in [2.45, 2.75) is 6.92 Å². The Bertz CT molecular complexity index is 712. The molecule has 0 bridgehead atoms. The largest absolute Gasteiger partial charge is 0.364 e. The van der Waals surface area contributed by atoms with Crippen molar-refractivity contribution in [1.29, 1.82) is 0 Å². The maximum Gasteiger partial charge on any atom is 0.180 e. The Morgan fingerprint density at radius 2 is 1.94 bits per heavy atom. The highest BCUT2D eigenvalue weighted by Crippen LogP contribution is 2.24. The quantitative estimate of drug-likeness (QED) is 0.617. The molecule has 2 heterocycles. The molecular weight excluding hydrogens is 224 g/mol. The van der Waals surface area contributed by atoms with E-state index in [4.69, 9.17) is 0 Å². The monoisotopic (exact) mass is 234 g/mol. The molecule has 0 aliphatic heterocycles. The van der Waals surface area contributed by atoms with Gasteiger partial charge in [-0.05, 0) is 25.1 Å². The molecule has 0 fully saturated rings. The van der Waals surface area contributed by atoms with Gasteiger partial charge in [-0.15, -0.1) is 12.4 Å². The van der Waals surface area contributed by atoms with E-state index < -0.39 is 0 Å². The number of pyridine rings is 1. The Balaban J connectivity index is 0.000000963. The molecule has 2 aromatic heterocycles. The van der Waals surface area contributed by atoms with E-state index in [1.54, 1.807) is 12.1 Å². The fraction of sp³-hybridized carbons (Fsp3) is 0.0833. The van der Waals surface area contributed by atoms with Gasteiger partial charge >= 0.3 is 0 Å². The zero-order chi connectivity index (χ0) is 10.4. The van der Waals surface area contributed by atoms with Crippen molar-refractivity contribution in [3.8, 4) is 0 Å². The van der Waals surface area contributed by atoms with E-state index in [9.17, 15) is 4.79 Å². The highest BCUT2D eigenvalue weighted by atomic mass is 35.5. The first-order valence-electron chi connectivity index (χ1n) is 4.85. The third-order valence-corrected chi connectivity index (χ3v) is 2.74. The highest BCUT2D eigenvalue weighted by molar-refractivity contribution is 6.07. The predicted octanol–water partition coefficient (Wildman–Crippen LogP) is 2.74. The fourth-order valence-corrected chi connectivity index (χ4v) is 1.99. The first kappa shape index (κ1) is 10.8. The van der Waals surface area contributed by atoms with Crippen LogP contribution in [0, 0.1) is 6.92 Å². The SMILES string of the molecule is Cc1[nH]ccc2c1[nH]c1cc(=O)ccc12.Cl. The third-order valence-electron chi connectivity index (χ3n) is 2.74. The first-order chi connectivity index (χ1) is 7.25. The number of aryl methyl sites for hydroxylation is 1. The van der Waals surface area contributed by atoms with Crippen molar-refractivity contribution < 1.29 is 0 Å². The highest BCUT2D eigenvalue weighted by Gasteiger charge is 2.05. The smallest absolute Gasteiger partial charge is 0.180 e. The van der Waals surface area contributed by atoms with Gasteiger partial charge in [-0.25, -0.2) is 0 Å². The van der Waals surface area contributed by atoms with Crippen LogP contribution in [0.1, 0.15) is 5.69 Å². The number of nitrogens with one attached hydrogen (secondary N) is 2. The molecule has 3 aromatic rings. The van der Waals surface area contributed by atoms with Gasteiger partial charge in [-0.3, -0.25) is 4.79 Å². The number of hydrogen-bond donors (Lipinski definition) is 2. The summed E-state index contributed by atoms with van der Waals surface area (Å²) in [6.45, 7) is 2.01. The molecule has 0 unspecified atom stereocenters. The van der Waals surface area contributed by atoms with Gasteiger partial charge in [0.05, 0.1) is 11.0 Å². The molecule has 0 aliphatic rings. The molecule has 0 amide bonds. The molecule has 0 radical (unpaired) electrons. The summed E-state index contributed by atoms with van der Waals surface area (Å²) in [6.07, 6.45) is 1.91. The van der Waals surface area contributed by atoms with Crippen LogP contribution in [-0.4, -0.2) is 9.97 Å². The summed E-state index contributed by atoms with van der Waals surface area (Å²) in [7, 11) is 0. The van der Waals surface area contributed by atoms with Crippen molar-refractivity contribution in [2.75, 3.05) is 0 Å². The maximum absolute atomic E-state index is 11.2. The second-order valence-electron chi connectivity index (χ2n) is 3.72. The fourth-order valence-electron chi connectivity index (χ4n) is 1.99. The third kappa shape index (κ3) is 1.41. The molecule has 16 heavy (non-hydrogen) atoms. The molecule has 0 aliphatic carbocycles. The van der Waals surface area contributed by atoms with Gasteiger partial charge in [-0.1, -0.05) is 0 Å². The van der Waals surface area contributed by atoms with E-state index in [2.05, 4.69) is 9.97 Å². The van der Waals surface area contributed by atoms with Crippen LogP contribution in [0.15, 0.2) is 35.3 Å². The standard InChI is InChI=1S/C12H10N2O.ClH/c1-7-12-10(4-5-13-7)9-3-2-8(15)6-11(9)14-12;/h2-6,13-14H,1H3;1H. The maximum atomic E-state index is 11.2. The minimum Gasteiger partial charge on any atom is -0.364 e. The van der Waals surface area contributed by atoms with E-state index in [-0.39, 0.29) is 17.8 Å². The lowest BCUT2D eigenvalue weighted by molar-refractivity contribution is 1.22. The molecular formula is C12H11ClN2O. The summed E-state index contributed by atoms with van der Waals surface area (Å²) in [5.41, 5.74) is 3.09. The number of rotatable bonds is 0. The summed E-state index contributed by atoms with van der Waals surface area (Å²) in [5.74, 6) is 0. The van der Waals surface area contributed by atoms with E-state index in [0.717, 1.165) is 27.5 Å². The zero-order valence-corrected chi connectivity index (χ0v) is 9.52. The van der Waals surface area contributed by atoms with Crippen molar-refractivity contribution in [1.82, 2.24) is 9.97 Å². The summed E-state index contributed by atoms with van der Waals surface area (Å²) >= 11 is 0. The Labute approximate surface area is 97.9 Å². The second kappa shape index (κ2) is 3.68. The molecule has 0 saturated heterocycles. The Morgan fingerprint density at radius 1 is 1.12 bits per heavy atom. The molecule has 82 valence electrons. The second-order valence-corrected chi connectivity index (χ2v) is 3.72. The molecule has 3 nitrogen and oxygen atoms in total. The van der Waals surface area contributed by atoms with Gasteiger partial charge < -0.3 is 9.97 Å². The number of fused-ring (bicyclic) bond motifs is 3. The van der Waals surface area contributed by atoms with Crippen LogP contribution < -0.4 is 5.43 Å². The Hall–Kier alpha value is -1.74. The summed E-state index contributed by atoms with van der Waals surface area (Å²) < 4.78 is 0. The minimum atomic E-state index is 0. The summed E-state index contributed by atoms with van der Waals surface area (Å²) in [4.78, 5) is 17.6. The molecule has 0 spiro atoms. The average molecular weight is 235 g/mol. The van der Waals surface area contributed by atoms with Crippen LogP contribution in [0.5, 0.6) is 0 Å². The van der Waals surface area contributed by atoms with E-state index in [1.807, 2.05) is 25.3 Å². The zero-order valence-electron chi connectivity index (χ0n) is 8.70. The van der Waals surface area contributed by atoms with Gasteiger partial charge in [-0.2, -0.15) is 0 Å².